The highest BCUT2D eigenvalue weighted by Crippen LogP contribution is 2.22. The molecule has 0 unspecified atom stereocenters. The Kier molecular flexibility index (Phi) is 5.71. The van der Waals surface area contributed by atoms with Gasteiger partial charge in [-0.2, -0.15) is 0 Å². The number of ether oxygens (including phenoxy) is 1. The molecule has 25 heavy (non-hydrogen) atoms. The lowest BCUT2D eigenvalue weighted by molar-refractivity contribution is 0.129. The van der Waals surface area contributed by atoms with Crippen LogP contribution in [0.15, 0.2) is 36.7 Å². The third kappa shape index (κ3) is 5.32. The fourth-order valence-corrected chi connectivity index (χ4v) is 3.01. The zero-order valence-corrected chi connectivity index (χ0v) is 14.8. The van der Waals surface area contributed by atoms with E-state index in [4.69, 9.17) is 16.3 Å². The van der Waals surface area contributed by atoms with Crippen LogP contribution in [-0.4, -0.2) is 28.1 Å². The summed E-state index contributed by atoms with van der Waals surface area (Å²) in [7, 11) is 0. The normalized spacial score (nSPS) is 19.9. The number of urea groups is 1. The number of aryl methyl sites for hydroxylation is 1. The Morgan fingerprint density at radius 3 is 2.60 bits per heavy atom. The summed E-state index contributed by atoms with van der Waals surface area (Å²) in [6.07, 6.45) is 6.53. The standard InChI is InChI=1S/C18H21ClN4O2/c1-12-3-2-4-15(9-12)23-17(24)22-14-5-7-16(8-6-14)25-18-20-10-13(19)11-21-18/h2-4,9-11,14,16H,5-8H2,1H3,(H2,22,23,24). The highest BCUT2D eigenvalue weighted by atomic mass is 35.5. The number of aromatic nitrogens is 2. The summed E-state index contributed by atoms with van der Waals surface area (Å²) in [5, 5.41) is 6.38. The van der Waals surface area contributed by atoms with Crippen LogP contribution in [0, 0.1) is 6.92 Å². The summed E-state index contributed by atoms with van der Waals surface area (Å²) in [5.74, 6) is 0. The molecule has 1 fully saturated rings. The number of benzene rings is 1. The molecule has 6 nitrogen and oxygen atoms in total. The van der Waals surface area contributed by atoms with E-state index in [1.54, 1.807) is 0 Å². The molecule has 1 saturated carbocycles. The van der Waals surface area contributed by atoms with E-state index in [1.165, 1.54) is 12.4 Å². The van der Waals surface area contributed by atoms with Gasteiger partial charge in [-0.25, -0.2) is 14.8 Å². The first-order valence-corrected chi connectivity index (χ1v) is 8.74. The van der Waals surface area contributed by atoms with E-state index in [0.29, 0.717) is 11.0 Å². The van der Waals surface area contributed by atoms with Gasteiger partial charge in [0.15, 0.2) is 0 Å². The van der Waals surface area contributed by atoms with E-state index in [0.717, 1.165) is 36.9 Å². The molecule has 2 N–H and O–H groups in total. The van der Waals surface area contributed by atoms with Gasteiger partial charge < -0.3 is 15.4 Å². The van der Waals surface area contributed by atoms with Crippen LogP contribution in [0.4, 0.5) is 10.5 Å². The number of anilines is 1. The van der Waals surface area contributed by atoms with E-state index in [1.807, 2.05) is 31.2 Å². The third-order valence-corrected chi connectivity index (χ3v) is 4.35. The minimum atomic E-state index is -0.170. The minimum Gasteiger partial charge on any atom is -0.460 e. The fraction of sp³-hybridized carbons (Fsp3) is 0.389. The van der Waals surface area contributed by atoms with Crippen LogP contribution in [0.1, 0.15) is 31.2 Å². The van der Waals surface area contributed by atoms with Gasteiger partial charge in [-0.05, 0) is 50.3 Å². The third-order valence-electron chi connectivity index (χ3n) is 4.15. The minimum absolute atomic E-state index is 0.0686. The number of nitrogens with one attached hydrogen (secondary N) is 2. The molecule has 0 bridgehead atoms. The zero-order valence-electron chi connectivity index (χ0n) is 14.0. The van der Waals surface area contributed by atoms with Crippen LogP contribution in [0.5, 0.6) is 6.01 Å². The predicted octanol–water partition coefficient (Wildman–Crippen LogP) is 3.95. The van der Waals surface area contributed by atoms with Gasteiger partial charge in [0.25, 0.3) is 0 Å². The molecule has 2 amide bonds. The molecule has 3 rings (SSSR count). The Bertz CT molecular complexity index is 715. The van der Waals surface area contributed by atoms with Gasteiger partial charge in [-0.3, -0.25) is 0 Å². The van der Waals surface area contributed by atoms with E-state index in [-0.39, 0.29) is 18.2 Å². The van der Waals surface area contributed by atoms with Crippen molar-refractivity contribution in [3.63, 3.8) is 0 Å². The summed E-state index contributed by atoms with van der Waals surface area (Å²) in [5.41, 5.74) is 1.91. The van der Waals surface area contributed by atoms with Gasteiger partial charge in [0, 0.05) is 11.7 Å². The molecule has 0 saturated heterocycles. The second-order valence-corrected chi connectivity index (χ2v) is 6.68. The SMILES string of the molecule is Cc1cccc(NC(=O)NC2CCC(Oc3ncc(Cl)cn3)CC2)c1. The first-order chi connectivity index (χ1) is 12.1. The van der Waals surface area contributed by atoms with E-state index >= 15 is 0 Å². The molecule has 0 aliphatic heterocycles. The van der Waals surface area contributed by atoms with Gasteiger partial charge in [-0.1, -0.05) is 23.7 Å². The molecule has 1 aromatic carbocycles. The van der Waals surface area contributed by atoms with Crippen molar-refractivity contribution >= 4 is 23.3 Å². The molecule has 1 aliphatic carbocycles. The molecule has 0 radical (unpaired) electrons. The number of hydrogen-bond acceptors (Lipinski definition) is 4. The second kappa shape index (κ2) is 8.16. The number of hydrogen-bond donors (Lipinski definition) is 2. The summed E-state index contributed by atoms with van der Waals surface area (Å²) in [4.78, 5) is 20.2. The maximum absolute atomic E-state index is 12.1. The van der Waals surface area contributed by atoms with Crippen LogP contribution >= 0.6 is 11.6 Å². The van der Waals surface area contributed by atoms with Crippen molar-refractivity contribution in [2.45, 2.75) is 44.8 Å². The monoisotopic (exact) mass is 360 g/mol. The van der Waals surface area contributed by atoms with Crippen molar-refractivity contribution in [1.29, 1.82) is 0 Å². The number of rotatable bonds is 4. The number of amides is 2. The van der Waals surface area contributed by atoms with Crippen molar-refractivity contribution < 1.29 is 9.53 Å². The van der Waals surface area contributed by atoms with Gasteiger partial charge >= 0.3 is 12.0 Å². The van der Waals surface area contributed by atoms with Crippen molar-refractivity contribution in [2.24, 2.45) is 0 Å². The average molecular weight is 361 g/mol. The molecule has 7 heteroatoms. The lowest BCUT2D eigenvalue weighted by atomic mass is 9.93. The molecule has 1 aromatic heterocycles. The molecule has 0 atom stereocenters. The van der Waals surface area contributed by atoms with Crippen molar-refractivity contribution in [3.8, 4) is 6.01 Å². The lowest BCUT2D eigenvalue weighted by Gasteiger charge is -2.28. The van der Waals surface area contributed by atoms with Crippen LogP contribution < -0.4 is 15.4 Å². The largest absolute Gasteiger partial charge is 0.460 e. The van der Waals surface area contributed by atoms with Gasteiger partial charge in [-0.15, -0.1) is 0 Å². The smallest absolute Gasteiger partial charge is 0.319 e. The quantitative estimate of drug-likeness (QED) is 0.865. The van der Waals surface area contributed by atoms with Crippen molar-refractivity contribution in [2.75, 3.05) is 5.32 Å². The summed E-state index contributed by atoms with van der Waals surface area (Å²) >= 11 is 5.76. The van der Waals surface area contributed by atoms with Gasteiger partial charge in [0.2, 0.25) is 0 Å². The highest BCUT2D eigenvalue weighted by Gasteiger charge is 2.24. The topological polar surface area (TPSA) is 76.1 Å². The van der Waals surface area contributed by atoms with Crippen LogP contribution in [-0.2, 0) is 0 Å². The Morgan fingerprint density at radius 2 is 1.92 bits per heavy atom. The first-order valence-electron chi connectivity index (χ1n) is 8.37. The Hall–Kier alpha value is -2.34. The lowest BCUT2D eigenvalue weighted by Crippen LogP contribution is -2.41. The number of carbonyl (C=O) groups is 1. The number of halogens is 1. The van der Waals surface area contributed by atoms with Gasteiger partial charge in [0.05, 0.1) is 17.4 Å². The maximum Gasteiger partial charge on any atom is 0.319 e. The molecule has 0 spiro atoms. The van der Waals surface area contributed by atoms with Crippen molar-refractivity contribution in [1.82, 2.24) is 15.3 Å². The molecular formula is C18H21ClN4O2. The summed E-state index contributed by atoms with van der Waals surface area (Å²) in [6.45, 7) is 1.99. The maximum atomic E-state index is 12.1. The first kappa shape index (κ1) is 17.5. The predicted molar refractivity (Wildman–Crippen MR) is 97.0 cm³/mol. The molecule has 1 heterocycles. The highest BCUT2D eigenvalue weighted by molar-refractivity contribution is 6.30. The Labute approximate surface area is 152 Å². The summed E-state index contributed by atoms with van der Waals surface area (Å²) < 4.78 is 5.76. The van der Waals surface area contributed by atoms with E-state index < -0.39 is 0 Å². The number of nitrogens with zero attached hydrogens (tertiary/aromatic N) is 2. The molecule has 132 valence electrons. The number of carbonyl (C=O) groups excluding carboxylic acids is 1. The van der Waals surface area contributed by atoms with E-state index in [9.17, 15) is 4.79 Å². The molecule has 2 aromatic rings. The van der Waals surface area contributed by atoms with Gasteiger partial charge in [0.1, 0.15) is 6.10 Å². The fourth-order valence-electron chi connectivity index (χ4n) is 2.91. The van der Waals surface area contributed by atoms with Crippen molar-refractivity contribution in [3.05, 3.63) is 47.2 Å². The zero-order chi connectivity index (χ0) is 17.6. The summed E-state index contributed by atoms with van der Waals surface area (Å²) in [6, 6.07) is 8.06. The Morgan fingerprint density at radius 1 is 1.20 bits per heavy atom. The van der Waals surface area contributed by atoms with Crippen LogP contribution in [0.3, 0.4) is 0 Å². The molecule has 1 aliphatic rings. The molecular weight excluding hydrogens is 340 g/mol. The van der Waals surface area contributed by atoms with E-state index in [2.05, 4.69) is 20.6 Å². The van der Waals surface area contributed by atoms with Crippen LogP contribution in [0.2, 0.25) is 5.02 Å². The van der Waals surface area contributed by atoms with Crippen LogP contribution in [0.25, 0.3) is 0 Å². The Balaban J connectivity index is 1.42. The average Bonchev–Trinajstić information content (AvgIpc) is 2.59. The second-order valence-electron chi connectivity index (χ2n) is 6.24.